The highest BCUT2D eigenvalue weighted by Crippen LogP contribution is 2.25. The summed E-state index contributed by atoms with van der Waals surface area (Å²) in [6.07, 6.45) is -0.894. The molecule has 1 atom stereocenters. The largest absolute Gasteiger partial charge is 0.387 e. The van der Waals surface area contributed by atoms with Crippen LogP contribution >= 0.6 is 22.7 Å². The molecule has 3 rings (SSSR count). The molecule has 0 aliphatic heterocycles. The van der Waals surface area contributed by atoms with Crippen molar-refractivity contribution >= 4 is 28.6 Å². The maximum absolute atomic E-state index is 12.8. The minimum absolute atomic E-state index is 0.0375. The molecule has 0 saturated carbocycles. The van der Waals surface area contributed by atoms with E-state index in [-0.39, 0.29) is 18.3 Å². The number of aromatic nitrogens is 1. The second-order valence-electron chi connectivity index (χ2n) is 4.83. The lowest BCUT2D eigenvalue weighted by Crippen LogP contribution is -2.28. The number of hydrogen-bond acceptors (Lipinski definition) is 5. The van der Waals surface area contributed by atoms with Crippen LogP contribution < -0.4 is 5.32 Å². The molecule has 23 heavy (non-hydrogen) atoms. The minimum atomic E-state index is -0.894. The SMILES string of the molecule is O=C(NCC(O)c1ccc(F)cc1)c1csc(-c2ccsc2)n1. The van der Waals surface area contributed by atoms with Gasteiger partial charge in [-0.3, -0.25) is 4.79 Å². The van der Waals surface area contributed by atoms with Gasteiger partial charge in [0.05, 0.1) is 6.10 Å². The van der Waals surface area contributed by atoms with Crippen LogP contribution in [-0.2, 0) is 0 Å². The van der Waals surface area contributed by atoms with Crippen molar-refractivity contribution in [3.63, 3.8) is 0 Å². The molecule has 1 unspecified atom stereocenters. The third-order valence-electron chi connectivity index (χ3n) is 3.22. The van der Waals surface area contributed by atoms with Crippen molar-refractivity contribution < 1.29 is 14.3 Å². The topological polar surface area (TPSA) is 62.2 Å². The minimum Gasteiger partial charge on any atom is -0.387 e. The Balaban J connectivity index is 1.60. The smallest absolute Gasteiger partial charge is 0.270 e. The number of benzene rings is 1. The third-order valence-corrected chi connectivity index (χ3v) is 4.79. The maximum atomic E-state index is 12.8. The van der Waals surface area contributed by atoms with Crippen LogP contribution in [0.3, 0.4) is 0 Å². The van der Waals surface area contributed by atoms with E-state index >= 15 is 0 Å². The van der Waals surface area contributed by atoms with Gasteiger partial charge in [-0.25, -0.2) is 9.37 Å². The Labute approximate surface area is 140 Å². The maximum Gasteiger partial charge on any atom is 0.270 e. The Bertz CT molecular complexity index is 785. The predicted molar refractivity (Wildman–Crippen MR) is 89.1 cm³/mol. The Morgan fingerprint density at radius 3 is 2.74 bits per heavy atom. The molecule has 0 spiro atoms. The molecule has 1 amide bonds. The van der Waals surface area contributed by atoms with E-state index in [2.05, 4.69) is 10.3 Å². The Morgan fingerprint density at radius 2 is 2.04 bits per heavy atom. The predicted octanol–water partition coefficient (Wildman–Crippen LogP) is 3.47. The summed E-state index contributed by atoms with van der Waals surface area (Å²) in [4.78, 5) is 16.4. The summed E-state index contributed by atoms with van der Waals surface area (Å²) in [5, 5.41) is 19.0. The van der Waals surface area contributed by atoms with Crippen LogP contribution in [0.25, 0.3) is 10.6 Å². The number of nitrogens with one attached hydrogen (secondary N) is 1. The van der Waals surface area contributed by atoms with E-state index in [1.807, 2.05) is 16.8 Å². The molecule has 2 aromatic heterocycles. The van der Waals surface area contributed by atoms with Gasteiger partial charge in [0.1, 0.15) is 16.5 Å². The first-order chi connectivity index (χ1) is 11.1. The van der Waals surface area contributed by atoms with Crippen molar-refractivity contribution in [3.8, 4) is 10.6 Å². The number of carbonyl (C=O) groups excluding carboxylic acids is 1. The summed E-state index contributed by atoms with van der Waals surface area (Å²) < 4.78 is 12.8. The van der Waals surface area contributed by atoms with Crippen molar-refractivity contribution in [3.05, 3.63) is 63.5 Å². The van der Waals surface area contributed by atoms with Gasteiger partial charge in [-0.05, 0) is 29.1 Å². The van der Waals surface area contributed by atoms with Gasteiger partial charge in [0.25, 0.3) is 5.91 Å². The van der Waals surface area contributed by atoms with Gasteiger partial charge < -0.3 is 10.4 Å². The molecule has 4 nitrogen and oxygen atoms in total. The van der Waals surface area contributed by atoms with Crippen LogP contribution in [0.1, 0.15) is 22.2 Å². The van der Waals surface area contributed by atoms with Crippen LogP contribution in [0.5, 0.6) is 0 Å². The fraction of sp³-hybridized carbons (Fsp3) is 0.125. The fourth-order valence-electron chi connectivity index (χ4n) is 1.98. The summed E-state index contributed by atoms with van der Waals surface area (Å²) in [5.41, 5.74) is 1.86. The second-order valence-corrected chi connectivity index (χ2v) is 6.47. The average Bonchev–Trinajstić information content (AvgIpc) is 3.23. The first-order valence-corrected chi connectivity index (χ1v) is 8.65. The number of halogens is 1. The molecule has 2 N–H and O–H groups in total. The highest BCUT2D eigenvalue weighted by Gasteiger charge is 2.14. The molecule has 118 valence electrons. The van der Waals surface area contributed by atoms with Gasteiger partial charge in [-0.15, -0.1) is 11.3 Å². The van der Waals surface area contributed by atoms with Crippen molar-refractivity contribution in [2.75, 3.05) is 6.54 Å². The number of carbonyl (C=O) groups is 1. The van der Waals surface area contributed by atoms with E-state index in [0.29, 0.717) is 11.3 Å². The van der Waals surface area contributed by atoms with Crippen LogP contribution in [0, 0.1) is 5.82 Å². The standard InChI is InChI=1S/C16H13FN2O2S2/c17-12-3-1-10(2-4-12)14(20)7-18-15(21)13-9-23-16(19-13)11-5-6-22-8-11/h1-6,8-9,14,20H,7H2,(H,18,21). The van der Waals surface area contributed by atoms with Crippen LogP contribution in [-0.4, -0.2) is 22.5 Å². The molecule has 0 fully saturated rings. The highest BCUT2D eigenvalue weighted by molar-refractivity contribution is 7.14. The number of aliphatic hydroxyl groups is 1. The molecule has 1 aromatic carbocycles. The zero-order valence-corrected chi connectivity index (χ0v) is 13.5. The summed E-state index contributed by atoms with van der Waals surface area (Å²) in [6.45, 7) is 0.0375. The number of thiophene rings is 1. The summed E-state index contributed by atoms with van der Waals surface area (Å²) >= 11 is 2.97. The zero-order valence-electron chi connectivity index (χ0n) is 11.9. The van der Waals surface area contributed by atoms with E-state index < -0.39 is 6.10 Å². The monoisotopic (exact) mass is 348 g/mol. The number of rotatable bonds is 5. The molecular weight excluding hydrogens is 335 g/mol. The molecule has 7 heteroatoms. The Hall–Kier alpha value is -2.09. The van der Waals surface area contributed by atoms with Crippen molar-refractivity contribution in [1.82, 2.24) is 10.3 Å². The summed E-state index contributed by atoms with van der Waals surface area (Å²) in [5.74, 6) is -0.711. The lowest BCUT2D eigenvalue weighted by molar-refractivity contribution is 0.0912. The van der Waals surface area contributed by atoms with Gasteiger partial charge in [0.15, 0.2) is 0 Å². The average molecular weight is 348 g/mol. The van der Waals surface area contributed by atoms with Gasteiger partial charge >= 0.3 is 0 Å². The number of thiazole rings is 1. The Morgan fingerprint density at radius 1 is 1.26 bits per heavy atom. The lowest BCUT2D eigenvalue weighted by Gasteiger charge is -2.11. The zero-order chi connectivity index (χ0) is 16.2. The number of nitrogens with zero attached hydrogens (tertiary/aromatic N) is 1. The van der Waals surface area contributed by atoms with Crippen LogP contribution in [0.4, 0.5) is 4.39 Å². The normalized spacial score (nSPS) is 12.1. The van der Waals surface area contributed by atoms with E-state index in [9.17, 15) is 14.3 Å². The van der Waals surface area contributed by atoms with Crippen LogP contribution in [0.15, 0.2) is 46.5 Å². The number of aliphatic hydroxyl groups excluding tert-OH is 1. The van der Waals surface area contributed by atoms with E-state index in [1.54, 1.807) is 16.7 Å². The molecule has 0 aliphatic carbocycles. The van der Waals surface area contributed by atoms with Gasteiger partial charge in [0, 0.05) is 22.9 Å². The molecule has 0 aliphatic rings. The Kier molecular flexibility index (Phi) is 4.80. The number of amides is 1. The fourth-order valence-corrected chi connectivity index (χ4v) is 3.49. The second kappa shape index (κ2) is 6.99. The molecule has 3 aromatic rings. The van der Waals surface area contributed by atoms with Crippen molar-refractivity contribution in [2.45, 2.75) is 6.10 Å². The quantitative estimate of drug-likeness (QED) is 0.742. The van der Waals surface area contributed by atoms with Gasteiger partial charge in [-0.1, -0.05) is 12.1 Å². The van der Waals surface area contributed by atoms with E-state index in [0.717, 1.165) is 10.6 Å². The third kappa shape index (κ3) is 3.82. The molecule has 0 radical (unpaired) electrons. The van der Waals surface area contributed by atoms with Gasteiger partial charge in [-0.2, -0.15) is 11.3 Å². The van der Waals surface area contributed by atoms with E-state index in [4.69, 9.17) is 0 Å². The molecule has 2 heterocycles. The molecular formula is C16H13FN2O2S2. The van der Waals surface area contributed by atoms with Crippen molar-refractivity contribution in [1.29, 1.82) is 0 Å². The summed E-state index contributed by atoms with van der Waals surface area (Å²) in [7, 11) is 0. The summed E-state index contributed by atoms with van der Waals surface area (Å²) in [6, 6.07) is 7.47. The van der Waals surface area contributed by atoms with Crippen LogP contribution in [0.2, 0.25) is 0 Å². The van der Waals surface area contributed by atoms with Crippen molar-refractivity contribution in [2.24, 2.45) is 0 Å². The molecule has 0 bridgehead atoms. The lowest BCUT2D eigenvalue weighted by atomic mass is 10.1. The first-order valence-electron chi connectivity index (χ1n) is 6.83. The van der Waals surface area contributed by atoms with E-state index in [1.165, 1.54) is 35.6 Å². The highest BCUT2D eigenvalue weighted by atomic mass is 32.1. The first kappa shape index (κ1) is 15.8. The van der Waals surface area contributed by atoms with Gasteiger partial charge in [0.2, 0.25) is 0 Å². The number of hydrogen-bond donors (Lipinski definition) is 2. The molecule has 0 saturated heterocycles.